The summed E-state index contributed by atoms with van der Waals surface area (Å²) >= 11 is 0. The highest BCUT2D eigenvalue weighted by molar-refractivity contribution is 7.91. The fourth-order valence-corrected chi connectivity index (χ4v) is 5.58. The number of fused-ring (bicyclic) bond motifs is 3. The van der Waals surface area contributed by atoms with Crippen LogP contribution in [0, 0.1) is 5.92 Å². The minimum absolute atomic E-state index is 0.0536. The molecule has 1 aliphatic carbocycles. The molecule has 1 amide bonds. The molecule has 5 nitrogen and oxygen atoms in total. The summed E-state index contributed by atoms with van der Waals surface area (Å²) in [5.74, 6) is 0.702. The lowest BCUT2D eigenvalue weighted by atomic mass is 9.87. The number of nitrogens with one attached hydrogen (secondary N) is 2. The van der Waals surface area contributed by atoms with Crippen molar-refractivity contribution in [2.45, 2.75) is 38.6 Å². The second-order valence-corrected chi connectivity index (χ2v) is 9.49. The number of rotatable bonds is 2. The molecule has 2 aromatic rings. The van der Waals surface area contributed by atoms with Gasteiger partial charge in [-0.2, -0.15) is 0 Å². The van der Waals surface area contributed by atoms with E-state index < -0.39 is 9.84 Å². The van der Waals surface area contributed by atoms with Crippen LogP contribution in [0.5, 0.6) is 0 Å². The average molecular weight is 346 g/mol. The number of H-pyrrole nitrogens is 1. The fraction of sp³-hybridized carbons (Fsp3) is 0.500. The summed E-state index contributed by atoms with van der Waals surface area (Å²) in [5, 5.41) is 4.00. The van der Waals surface area contributed by atoms with E-state index in [4.69, 9.17) is 0 Å². The van der Waals surface area contributed by atoms with E-state index in [0.717, 1.165) is 23.7 Å². The van der Waals surface area contributed by atoms with Crippen LogP contribution in [0.3, 0.4) is 0 Å². The quantitative estimate of drug-likeness (QED) is 0.875. The molecule has 0 saturated carbocycles. The van der Waals surface area contributed by atoms with Crippen LogP contribution in [0.1, 0.15) is 41.4 Å². The minimum Gasteiger partial charge on any atom is -0.358 e. The van der Waals surface area contributed by atoms with Crippen LogP contribution in [0.25, 0.3) is 10.9 Å². The number of aromatic amines is 1. The molecule has 2 heterocycles. The van der Waals surface area contributed by atoms with Crippen molar-refractivity contribution in [1.82, 2.24) is 10.3 Å². The second-order valence-electron chi connectivity index (χ2n) is 7.26. The van der Waals surface area contributed by atoms with E-state index in [1.54, 1.807) is 0 Å². The molecule has 2 aliphatic rings. The van der Waals surface area contributed by atoms with Crippen molar-refractivity contribution < 1.29 is 13.2 Å². The minimum atomic E-state index is -2.99. The number of sulfone groups is 1. The molecule has 24 heavy (non-hydrogen) atoms. The molecule has 6 heteroatoms. The van der Waals surface area contributed by atoms with Gasteiger partial charge in [-0.05, 0) is 55.4 Å². The van der Waals surface area contributed by atoms with E-state index >= 15 is 0 Å². The first-order valence-corrected chi connectivity index (χ1v) is 10.4. The number of aromatic nitrogens is 1. The van der Waals surface area contributed by atoms with Crippen molar-refractivity contribution in [2.24, 2.45) is 5.92 Å². The van der Waals surface area contributed by atoms with Gasteiger partial charge in [0.15, 0.2) is 9.84 Å². The van der Waals surface area contributed by atoms with Crippen molar-refractivity contribution in [1.29, 1.82) is 0 Å². The summed E-state index contributed by atoms with van der Waals surface area (Å²) in [7, 11) is -2.99. The van der Waals surface area contributed by atoms with Crippen LogP contribution in [0.4, 0.5) is 0 Å². The normalized spacial score (nSPS) is 25.5. The van der Waals surface area contributed by atoms with E-state index in [9.17, 15) is 13.2 Å². The number of benzene rings is 1. The molecular weight excluding hydrogens is 324 g/mol. The highest BCUT2D eigenvalue weighted by atomic mass is 32.2. The lowest BCUT2D eigenvalue weighted by Gasteiger charge is -2.18. The van der Waals surface area contributed by atoms with Gasteiger partial charge in [0.2, 0.25) is 0 Å². The van der Waals surface area contributed by atoms with Crippen molar-refractivity contribution >= 4 is 26.6 Å². The number of aryl methyl sites for hydroxylation is 1. The summed E-state index contributed by atoms with van der Waals surface area (Å²) < 4.78 is 23.1. The lowest BCUT2D eigenvalue weighted by Crippen LogP contribution is -2.35. The van der Waals surface area contributed by atoms with Gasteiger partial charge < -0.3 is 10.3 Å². The Hall–Kier alpha value is -1.82. The highest BCUT2D eigenvalue weighted by Gasteiger charge is 2.29. The van der Waals surface area contributed by atoms with Gasteiger partial charge in [-0.25, -0.2) is 8.42 Å². The number of amides is 1. The zero-order valence-corrected chi connectivity index (χ0v) is 14.6. The Morgan fingerprint density at radius 3 is 2.88 bits per heavy atom. The van der Waals surface area contributed by atoms with Crippen LogP contribution < -0.4 is 5.32 Å². The average Bonchev–Trinajstić information content (AvgIpc) is 3.06. The van der Waals surface area contributed by atoms with Crippen molar-refractivity contribution in [3.63, 3.8) is 0 Å². The van der Waals surface area contributed by atoms with Gasteiger partial charge in [-0.1, -0.05) is 6.92 Å². The summed E-state index contributed by atoms with van der Waals surface area (Å²) in [6, 6.07) is 5.45. The molecule has 1 saturated heterocycles. The molecule has 0 radical (unpaired) electrons. The topological polar surface area (TPSA) is 79.0 Å². The second kappa shape index (κ2) is 5.62. The summed E-state index contributed by atoms with van der Waals surface area (Å²) in [6.07, 6.45) is 3.81. The Labute approximate surface area is 141 Å². The van der Waals surface area contributed by atoms with Crippen molar-refractivity contribution in [2.75, 3.05) is 11.5 Å². The Kier molecular flexibility index (Phi) is 3.67. The van der Waals surface area contributed by atoms with E-state index in [2.05, 4.69) is 17.2 Å². The van der Waals surface area contributed by atoms with Gasteiger partial charge >= 0.3 is 0 Å². The number of carbonyl (C=O) groups excluding carboxylic acids is 1. The van der Waals surface area contributed by atoms with Gasteiger partial charge in [0.05, 0.1) is 11.5 Å². The molecule has 0 spiro atoms. The maximum Gasteiger partial charge on any atom is 0.251 e. The maximum atomic E-state index is 12.5. The maximum absolute atomic E-state index is 12.5. The van der Waals surface area contributed by atoms with E-state index in [1.807, 2.05) is 18.2 Å². The van der Waals surface area contributed by atoms with Gasteiger partial charge in [0.25, 0.3) is 5.91 Å². The number of hydrogen-bond donors (Lipinski definition) is 2. The van der Waals surface area contributed by atoms with Crippen LogP contribution in [0.2, 0.25) is 0 Å². The van der Waals surface area contributed by atoms with Gasteiger partial charge in [0, 0.05) is 28.2 Å². The molecule has 4 rings (SSSR count). The van der Waals surface area contributed by atoms with Gasteiger partial charge in [0.1, 0.15) is 0 Å². The standard InChI is InChI=1S/C18H22N2O3S/c1-11-2-4-16-14(8-11)15-9-12(3-5-17(15)20-16)18(21)19-13-6-7-24(22,23)10-13/h3,5,9,11,13,20H,2,4,6-8,10H2,1H3,(H,19,21)/t11-,13-/m0/s1. The van der Waals surface area contributed by atoms with Crippen LogP contribution in [0.15, 0.2) is 18.2 Å². The molecule has 128 valence electrons. The highest BCUT2D eigenvalue weighted by Crippen LogP contribution is 2.32. The van der Waals surface area contributed by atoms with Crippen molar-refractivity contribution in [3.05, 3.63) is 35.0 Å². The third-order valence-corrected chi connectivity index (χ3v) is 7.03. The van der Waals surface area contributed by atoms with Crippen LogP contribution in [-0.2, 0) is 22.7 Å². The Morgan fingerprint density at radius 2 is 2.12 bits per heavy atom. The SMILES string of the molecule is C[C@H]1CCc2[nH]c3ccc(C(=O)N[C@H]4CCS(=O)(=O)C4)cc3c2C1. The monoisotopic (exact) mass is 346 g/mol. The summed E-state index contributed by atoms with van der Waals surface area (Å²) in [5.41, 5.74) is 4.31. The molecule has 0 unspecified atom stereocenters. The van der Waals surface area contributed by atoms with Gasteiger partial charge in [-0.15, -0.1) is 0 Å². The zero-order chi connectivity index (χ0) is 16.9. The Morgan fingerprint density at radius 1 is 1.29 bits per heavy atom. The van der Waals surface area contributed by atoms with Crippen LogP contribution in [-0.4, -0.2) is 36.9 Å². The first-order chi connectivity index (χ1) is 11.4. The Balaban J connectivity index is 1.60. The summed E-state index contributed by atoms with van der Waals surface area (Å²) in [6.45, 7) is 2.26. The summed E-state index contributed by atoms with van der Waals surface area (Å²) in [4.78, 5) is 16.0. The molecule has 1 aromatic heterocycles. The molecule has 0 bridgehead atoms. The smallest absolute Gasteiger partial charge is 0.251 e. The molecule has 2 atom stereocenters. The van der Waals surface area contributed by atoms with Crippen molar-refractivity contribution in [3.8, 4) is 0 Å². The lowest BCUT2D eigenvalue weighted by molar-refractivity contribution is 0.0941. The Bertz CT molecular complexity index is 914. The van der Waals surface area contributed by atoms with E-state index in [0.29, 0.717) is 17.9 Å². The predicted molar refractivity (Wildman–Crippen MR) is 94.0 cm³/mol. The molecule has 1 aliphatic heterocycles. The molecule has 2 N–H and O–H groups in total. The third-order valence-electron chi connectivity index (χ3n) is 5.26. The largest absolute Gasteiger partial charge is 0.358 e. The number of carbonyl (C=O) groups is 1. The molecular formula is C18H22N2O3S. The molecule has 1 fully saturated rings. The molecule has 1 aromatic carbocycles. The first-order valence-electron chi connectivity index (χ1n) is 8.56. The number of hydrogen-bond acceptors (Lipinski definition) is 3. The van der Waals surface area contributed by atoms with Gasteiger partial charge in [-0.3, -0.25) is 4.79 Å². The zero-order valence-electron chi connectivity index (χ0n) is 13.8. The van der Waals surface area contributed by atoms with Crippen LogP contribution >= 0.6 is 0 Å². The predicted octanol–water partition coefficient (Wildman–Crippen LogP) is 2.21. The fourth-order valence-electron chi connectivity index (χ4n) is 3.91. The first kappa shape index (κ1) is 15.7. The van der Waals surface area contributed by atoms with E-state index in [-0.39, 0.29) is 23.5 Å². The third kappa shape index (κ3) is 2.83. The van der Waals surface area contributed by atoms with E-state index in [1.165, 1.54) is 17.7 Å².